The Bertz CT molecular complexity index is 2060. The van der Waals surface area contributed by atoms with E-state index in [1.165, 1.54) is 24.9 Å². The Labute approximate surface area is 255 Å². The smallest absolute Gasteiger partial charge is 0.184 e. The average molecular weight is 575 g/mol. The summed E-state index contributed by atoms with van der Waals surface area (Å²) in [5, 5.41) is 15.5. The van der Waals surface area contributed by atoms with Gasteiger partial charge in [0, 0.05) is 35.3 Å². The molecule has 0 spiro atoms. The Morgan fingerprint density at radius 1 is 0.659 bits per heavy atom. The van der Waals surface area contributed by atoms with E-state index in [4.69, 9.17) is 19.6 Å². The molecule has 0 aliphatic carbocycles. The number of nitrogens with zero attached hydrogens (tertiary/aromatic N) is 6. The van der Waals surface area contributed by atoms with Crippen LogP contribution < -0.4 is 4.90 Å². The van der Waals surface area contributed by atoms with Crippen LogP contribution in [0, 0.1) is 0 Å². The number of furan rings is 1. The predicted octanol–water partition coefficient (Wildman–Crippen LogP) is 9.88. The molecule has 0 radical (unpaired) electrons. The molecule has 0 N–H and O–H groups in total. The standard InChI is InChI=1S/C37H30N6O/c1-4-12-27(13-5-1)35-36(40-39-29-15-6-2-7-16-29)37-38-31(34-24-28-14-8-9-17-33(28)44-34)25-32(43(37)41-35)26-18-20-30(21-19-26)42-22-10-3-11-23-42/h1-2,4-9,12-21,24-25H,3,10-11,22-23H2. The Hall–Kier alpha value is -5.56. The van der Waals surface area contributed by atoms with Gasteiger partial charge in [-0.15, -0.1) is 5.11 Å². The first kappa shape index (κ1) is 26.1. The van der Waals surface area contributed by atoms with Gasteiger partial charge < -0.3 is 9.32 Å². The molecule has 8 rings (SSSR count). The normalized spacial score (nSPS) is 13.8. The van der Waals surface area contributed by atoms with E-state index in [9.17, 15) is 0 Å². The van der Waals surface area contributed by atoms with Crippen molar-refractivity contribution in [1.29, 1.82) is 0 Å². The lowest BCUT2D eigenvalue weighted by Gasteiger charge is -2.28. The summed E-state index contributed by atoms with van der Waals surface area (Å²) < 4.78 is 8.19. The second-order valence-electron chi connectivity index (χ2n) is 11.1. The Balaban J connectivity index is 1.35. The summed E-state index contributed by atoms with van der Waals surface area (Å²) in [5.41, 5.74) is 8.33. The highest BCUT2D eigenvalue weighted by atomic mass is 16.3. The molecule has 0 bridgehead atoms. The van der Waals surface area contributed by atoms with Gasteiger partial charge in [-0.25, -0.2) is 9.50 Å². The number of piperidine rings is 1. The summed E-state index contributed by atoms with van der Waals surface area (Å²) in [7, 11) is 0. The minimum Gasteiger partial charge on any atom is -0.454 e. The first-order chi connectivity index (χ1) is 21.8. The molecular weight excluding hydrogens is 544 g/mol. The molecule has 7 heteroatoms. The molecule has 44 heavy (non-hydrogen) atoms. The van der Waals surface area contributed by atoms with Crippen molar-refractivity contribution in [3.8, 4) is 34.0 Å². The van der Waals surface area contributed by atoms with Crippen LogP contribution in [0.5, 0.6) is 0 Å². The fourth-order valence-corrected chi connectivity index (χ4v) is 5.93. The van der Waals surface area contributed by atoms with E-state index in [2.05, 4.69) is 40.3 Å². The largest absolute Gasteiger partial charge is 0.454 e. The van der Waals surface area contributed by atoms with Crippen molar-refractivity contribution in [2.45, 2.75) is 19.3 Å². The molecule has 7 nitrogen and oxygen atoms in total. The zero-order valence-electron chi connectivity index (χ0n) is 24.2. The fraction of sp³-hybridized carbons (Fsp3) is 0.135. The molecule has 1 saturated heterocycles. The number of fused-ring (bicyclic) bond motifs is 2. The lowest BCUT2D eigenvalue weighted by atomic mass is 10.1. The van der Waals surface area contributed by atoms with Crippen LogP contribution in [0.2, 0.25) is 0 Å². The molecule has 214 valence electrons. The van der Waals surface area contributed by atoms with Gasteiger partial charge in [-0.2, -0.15) is 10.2 Å². The van der Waals surface area contributed by atoms with Crippen LogP contribution in [0.1, 0.15) is 19.3 Å². The molecule has 1 fully saturated rings. The molecule has 0 unspecified atom stereocenters. The second kappa shape index (κ2) is 11.3. The summed E-state index contributed by atoms with van der Waals surface area (Å²) in [6, 6.07) is 40.7. The van der Waals surface area contributed by atoms with Crippen LogP contribution in [-0.2, 0) is 0 Å². The van der Waals surface area contributed by atoms with Crippen molar-refractivity contribution in [3.05, 3.63) is 121 Å². The topological polar surface area (TPSA) is 71.3 Å². The first-order valence-electron chi connectivity index (χ1n) is 15.1. The van der Waals surface area contributed by atoms with Crippen molar-refractivity contribution in [3.63, 3.8) is 0 Å². The van der Waals surface area contributed by atoms with Crippen molar-refractivity contribution in [1.82, 2.24) is 14.6 Å². The predicted molar refractivity (Wildman–Crippen MR) is 176 cm³/mol. The molecule has 0 saturated carbocycles. The van der Waals surface area contributed by atoms with E-state index in [0.717, 1.165) is 46.6 Å². The SMILES string of the molecule is c1ccc(N=Nc2c(-c3ccccc3)nn3c(-c4ccc(N5CCCCC5)cc4)cc(-c4cc5ccccc5o4)nc23)cc1. The molecule has 1 aliphatic rings. The van der Waals surface area contributed by atoms with Crippen molar-refractivity contribution in [2.75, 3.05) is 18.0 Å². The molecule has 0 atom stereocenters. The number of aromatic nitrogens is 3. The maximum Gasteiger partial charge on any atom is 0.184 e. The maximum atomic E-state index is 6.30. The number of azo groups is 1. The van der Waals surface area contributed by atoms with Gasteiger partial charge in [0.2, 0.25) is 0 Å². The molecule has 4 aromatic carbocycles. The van der Waals surface area contributed by atoms with E-state index in [1.807, 2.05) is 95.5 Å². The third-order valence-corrected chi connectivity index (χ3v) is 8.20. The summed E-state index contributed by atoms with van der Waals surface area (Å²) in [5.74, 6) is 0.688. The number of benzene rings is 4. The highest BCUT2D eigenvalue weighted by Crippen LogP contribution is 2.39. The summed E-state index contributed by atoms with van der Waals surface area (Å²) in [6.07, 6.45) is 3.79. The minimum absolute atomic E-state index is 0.601. The van der Waals surface area contributed by atoms with Crippen molar-refractivity contribution < 1.29 is 4.42 Å². The lowest BCUT2D eigenvalue weighted by Crippen LogP contribution is -2.29. The van der Waals surface area contributed by atoms with Crippen LogP contribution in [0.15, 0.2) is 136 Å². The van der Waals surface area contributed by atoms with Crippen LogP contribution in [0.25, 0.3) is 50.6 Å². The van der Waals surface area contributed by atoms with Gasteiger partial charge in [-0.3, -0.25) is 0 Å². The van der Waals surface area contributed by atoms with Crippen LogP contribution in [0.4, 0.5) is 17.1 Å². The van der Waals surface area contributed by atoms with Gasteiger partial charge in [0.05, 0.1) is 11.4 Å². The van der Waals surface area contributed by atoms with Gasteiger partial charge in [0.15, 0.2) is 17.1 Å². The van der Waals surface area contributed by atoms with Gasteiger partial charge in [-0.1, -0.05) is 78.9 Å². The summed E-state index contributed by atoms with van der Waals surface area (Å²) in [6.45, 7) is 2.20. The highest BCUT2D eigenvalue weighted by molar-refractivity contribution is 5.87. The number of para-hydroxylation sites is 1. The van der Waals surface area contributed by atoms with Crippen molar-refractivity contribution in [2.24, 2.45) is 10.2 Å². The zero-order valence-corrected chi connectivity index (χ0v) is 24.2. The quantitative estimate of drug-likeness (QED) is 0.185. The average Bonchev–Trinajstić information content (AvgIpc) is 3.70. The molecule has 4 heterocycles. The summed E-state index contributed by atoms with van der Waals surface area (Å²) in [4.78, 5) is 7.59. The maximum absolute atomic E-state index is 6.30. The van der Waals surface area contributed by atoms with Crippen LogP contribution in [0.3, 0.4) is 0 Å². The number of hydrogen-bond acceptors (Lipinski definition) is 6. The van der Waals surface area contributed by atoms with E-state index < -0.39 is 0 Å². The molecule has 0 amide bonds. The van der Waals surface area contributed by atoms with E-state index >= 15 is 0 Å². The van der Waals surface area contributed by atoms with Crippen LogP contribution >= 0.6 is 0 Å². The highest BCUT2D eigenvalue weighted by Gasteiger charge is 2.22. The lowest BCUT2D eigenvalue weighted by molar-refractivity contribution is 0.578. The van der Waals surface area contributed by atoms with Crippen molar-refractivity contribution >= 4 is 33.7 Å². The molecular formula is C37H30N6O. The van der Waals surface area contributed by atoms with E-state index in [1.54, 1.807) is 0 Å². The third kappa shape index (κ3) is 4.92. The Morgan fingerprint density at radius 2 is 1.39 bits per heavy atom. The van der Waals surface area contributed by atoms with Gasteiger partial charge in [-0.05, 0) is 61.7 Å². The minimum atomic E-state index is 0.601. The first-order valence-corrected chi connectivity index (χ1v) is 15.1. The molecule has 1 aliphatic heterocycles. The third-order valence-electron chi connectivity index (χ3n) is 8.20. The second-order valence-corrected chi connectivity index (χ2v) is 11.1. The fourth-order valence-electron chi connectivity index (χ4n) is 5.93. The zero-order chi connectivity index (χ0) is 29.3. The van der Waals surface area contributed by atoms with Gasteiger partial charge in [0.25, 0.3) is 0 Å². The van der Waals surface area contributed by atoms with Gasteiger partial charge in [0.1, 0.15) is 17.0 Å². The summed E-state index contributed by atoms with van der Waals surface area (Å²) >= 11 is 0. The van der Waals surface area contributed by atoms with E-state index in [0.29, 0.717) is 28.5 Å². The van der Waals surface area contributed by atoms with E-state index in [-0.39, 0.29) is 0 Å². The Kier molecular flexibility index (Phi) is 6.68. The Morgan fingerprint density at radius 3 is 2.16 bits per heavy atom. The molecule has 7 aromatic rings. The molecule has 3 aromatic heterocycles. The number of hydrogen-bond donors (Lipinski definition) is 0. The number of anilines is 1. The number of rotatable bonds is 6. The van der Waals surface area contributed by atoms with Crippen LogP contribution in [-0.4, -0.2) is 27.7 Å². The van der Waals surface area contributed by atoms with Gasteiger partial charge >= 0.3 is 0 Å². The monoisotopic (exact) mass is 574 g/mol.